The van der Waals surface area contributed by atoms with E-state index in [9.17, 15) is 14.4 Å². The topological polar surface area (TPSA) is 85.9 Å². The molecule has 1 saturated carbocycles. The molecule has 32 heavy (non-hydrogen) atoms. The third kappa shape index (κ3) is 5.11. The molecular formula is C24H35N5O3. The summed E-state index contributed by atoms with van der Waals surface area (Å²) in [7, 11) is 0. The highest BCUT2D eigenvalue weighted by molar-refractivity contribution is 5.98. The summed E-state index contributed by atoms with van der Waals surface area (Å²) in [5.74, 6) is -0.0626. The van der Waals surface area contributed by atoms with Crippen molar-refractivity contribution in [1.82, 2.24) is 25.0 Å². The van der Waals surface area contributed by atoms with Gasteiger partial charge in [0.05, 0.1) is 11.6 Å². The second-order valence-corrected chi connectivity index (χ2v) is 10.4. The molecule has 0 aromatic carbocycles. The Bertz CT molecular complexity index is 843. The molecule has 1 aromatic heterocycles. The van der Waals surface area contributed by atoms with Gasteiger partial charge in [-0.05, 0) is 36.8 Å². The standard InChI is InChI=1S/C24H35N5O3/c1-24(2,3)14-21(30)29(18-6-7-18)19-13-20(23(32)27-11-9-25-10-12-27)28(16-19)22(31)17-5-4-8-26-15-17/h4-5,8,15,18-20,25H,6-7,9-14,16H2,1-3H3. The van der Waals surface area contributed by atoms with Gasteiger partial charge in [0.25, 0.3) is 5.91 Å². The minimum Gasteiger partial charge on any atom is -0.338 e. The van der Waals surface area contributed by atoms with E-state index in [1.807, 2.05) is 9.80 Å². The van der Waals surface area contributed by atoms with Crippen molar-refractivity contribution in [3.8, 4) is 0 Å². The van der Waals surface area contributed by atoms with Gasteiger partial charge in [0, 0.05) is 57.6 Å². The summed E-state index contributed by atoms with van der Waals surface area (Å²) in [6, 6.07) is 3.03. The van der Waals surface area contributed by atoms with Crippen molar-refractivity contribution < 1.29 is 14.4 Å². The van der Waals surface area contributed by atoms with Crippen molar-refractivity contribution >= 4 is 17.7 Å². The average molecular weight is 442 g/mol. The zero-order chi connectivity index (χ0) is 22.9. The van der Waals surface area contributed by atoms with E-state index in [4.69, 9.17) is 0 Å². The third-order valence-electron chi connectivity index (χ3n) is 6.47. The lowest BCUT2D eigenvalue weighted by Crippen LogP contribution is -2.53. The van der Waals surface area contributed by atoms with Crippen molar-refractivity contribution in [3.05, 3.63) is 30.1 Å². The highest BCUT2D eigenvalue weighted by atomic mass is 16.2. The number of carbonyl (C=O) groups is 3. The molecule has 3 fully saturated rings. The van der Waals surface area contributed by atoms with Crippen LogP contribution in [0.5, 0.6) is 0 Å². The van der Waals surface area contributed by atoms with Gasteiger partial charge in [-0.2, -0.15) is 0 Å². The van der Waals surface area contributed by atoms with Gasteiger partial charge in [0.2, 0.25) is 11.8 Å². The van der Waals surface area contributed by atoms with Crippen LogP contribution < -0.4 is 5.32 Å². The zero-order valence-electron chi connectivity index (χ0n) is 19.4. The van der Waals surface area contributed by atoms with E-state index in [1.54, 1.807) is 29.4 Å². The maximum Gasteiger partial charge on any atom is 0.256 e. The quantitative estimate of drug-likeness (QED) is 0.749. The summed E-state index contributed by atoms with van der Waals surface area (Å²) in [6.07, 6.45) is 6.14. The van der Waals surface area contributed by atoms with E-state index < -0.39 is 6.04 Å². The number of carbonyl (C=O) groups excluding carboxylic acids is 3. The Kier molecular flexibility index (Phi) is 6.51. The molecule has 8 nitrogen and oxygen atoms in total. The lowest BCUT2D eigenvalue weighted by molar-refractivity contribution is -0.137. The molecule has 0 spiro atoms. The molecule has 3 aliphatic rings. The molecule has 2 aliphatic heterocycles. The number of nitrogens with one attached hydrogen (secondary N) is 1. The van der Waals surface area contributed by atoms with Crippen LogP contribution in [0, 0.1) is 5.41 Å². The van der Waals surface area contributed by atoms with E-state index in [-0.39, 0.29) is 35.2 Å². The fourth-order valence-electron chi connectivity index (χ4n) is 4.83. The van der Waals surface area contributed by atoms with Crippen LogP contribution in [0.2, 0.25) is 0 Å². The molecule has 1 aromatic rings. The van der Waals surface area contributed by atoms with Crippen molar-refractivity contribution in [2.75, 3.05) is 32.7 Å². The molecule has 3 heterocycles. The molecule has 174 valence electrons. The van der Waals surface area contributed by atoms with Crippen molar-refractivity contribution in [2.45, 2.75) is 64.6 Å². The Morgan fingerprint density at radius 2 is 1.88 bits per heavy atom. The zero-order valence-corrected chi connectivity index (χ0v) is 19.4. The van der Waals surface area contributed by atoms with Gasteiger partial charge in [0.1, 0.15) is 6.04 Å². The third-order valence-corrected chi connectivity index (χ3v) is 6.47. The summed E-state index contributed by atoms with van der Waals surface area (Å²) in [6.45, 7) is 9.41. The molecule has 1 aliphatic carbocycles. The van der Waals surface area contributed by atoms with Gasteiger partial charge >= 0.3 is 0 Å². The normalized spacial score (nSPS) is 23.8. The predicted octanol–water partition coefficient (Wildman–Crippen LogP) is 1.52. The summed E-state index contributed by atoms with van der Waals surface area (Å²) >= 11 is 0. The van der Waals surface area contributed by atoms with Crippen LogP contribution in [0.25, 0.3) is 0 Å². The number of piperazine rings is 1. The average Bonchev–Trinajstić information content (AvgIpc) is 3.50. The van der Waals surface area contributed by atoms with Crippen LogP contribution >= 0.6 is 0 Å². The number of hydrogen-bond acceptors (Lipinski definition) is 5. The molecule has 2 atom stereocenters. The minimum atomic E-state index is -0.547. The summed E-state index contributed by atoms with van der Waals surface area (Å²) < 4.78 is 0. The van der Waals surface area contributed by atoms with Crippen molar-refractivity contribution in [3.63, 3.8) is 0 Å². The Hall–Kier alpha value is -2.48. The summed E-state index contributed by atoms with van der Waals surface area (Å²) in [4.78, 5) is 49.8. The van der Waals surface area contributed by atoms with Gasteiger partial charge in [-0.25, -0.2) is 0 Å². The number of hydrogen-bond donors (Lipinski definition) is 1. The van der Waals surface area contributed by atoms with E-state index in [0.717, 1.165) is 25.9 Å². The first-order valence-corrected chi connectivity index (χ1v) is 11.8. The first kappa shape index (κ1) is 22.7. The molecule has 8 heteroatoms. The number of nitrogens with zero attached hydrogens (tertiary/aromatic N) is 4. The van der Waals surface area contributed by atoms with Gasteiger partial charge < -0.3 is 20.0 Å². The first-order chi connectivity index (χ1) is 15.2. The van der Waals surface area contributed by atoms with Crippen LogP contribution in [-0.2, 0) is 9.59 Å². The van der Waals surface area contributed by atoms with Crippen LogP contribution in [-0.4, -0.2) is 88.3 Å². The Balaban J connectivity index is 1.59. The molecule has 4 rings (SSSR count). The van der Waals surface area contributed by atoms with Crippen LogP contribution in [0.3, 0.4) is 0 Å². The SMILES string of the molecule is CC(C)(C)CC(=O)N(C1CC1)C1CC(C(=O)N2CCNCC2)N(C(=O)c2cccnc2)C1. The Morgan fingerprint density at radius 3 is 2.47 bits per heavy atom. The number of amides is 3. The smallest absolute Gasteiger partial charge is 0.256 e. The van der Waals surface area contributed by atoms with Gasteiger partial charge in [-0.3, -0.25) is 19.4 Å². The number of likely N-dealkylation sites (tertiary alicyclic amines) is 1. The maximum atomic E-state index is 13.5. The van der Waals surface area contributed by atoms with Gasteiger partial charge in [-0.1, -0.05) is 20.8 Å². The second-order valence-electron chi connectivity index (χ2n) is 10.4. The molecule has 2 unspecified atom stereocenters. The molecule has 3 amide bonds. The predicted molar refractivity (Wildman–Crippen MR) is 121 cm³/mol. The lowest BCUT2D eigenvalue weighted by atomic mass is 9.91. The van der Waals surface area contributed by atoms with E-state index in [2.05, 4.69) is 31.1 Å². The molecule has 1 N–H and O–H groups in total. The molecule has 2 saturated heterocycles. The molecule has 0 bridgehead atoms. The molecule has 0 radical (unpaired) electrons. The number of aromatic nitrogens is 1. The highest BCUT2D eigenvalue weighted by Gasteiger charge is 2.48. The van der Waals surface area contributed by atoms with E-state index in [1.165, 1.54) is 0 Å². The van der Waals surface area contributed by atoms with E-state index >= 15 is 0 Å². The largest absolute Gasteiger partial charge is 0.338 e. The van der Waals surface area contributed by atoms with Crippen LogP contribution in [0.15, 0.2) is 24.5 Å². The number of pyridine rings is 1. The Labute approximate surface area is 190 Å². The molecular weight excluding hydrogens is 406 g/mol. The second kappa shape index (κ2) is 9.17. The summed E-state index contributed by atoms with van der Waals surface area (Å²) in [5, 5.41) is 3.27. The van der Waals surface area contributed by atoms with Gasteiger partial charge in [0.15, 0.2) is 0 Å². The van der Waals surface area contributed by atoms with Crippen LogP contribution in [0.1, 0.15) is 56.8 Å². The van der Waals surface area contributed by atoms with Crippen LogP contribution in [0.4, 0.5) is 0 Å². The fourth-order valence-corrected chi connectivity index (χ4v) is 4.83. The monoisotopic (exact) mass is 441 g/mol. The lowest BCUT2D eigenvalue weighted by Gasteiger charge is -2.32. The maximum absolute atomic E-state index is 13.5. The fraction of sp³-hybridized carbons (Fsp3) is 0.667. The van der Waals surface area contributed by atoms with Crippen molar-refractivity contribution in [1.29, 1.82) is 0 Å². The van der Waals surface area contributed by atoms with Crippen molar-refractivity contribution in [2.24, 2.45) is 5.41 Å². The minimum absolute atomic E-state index is 0.00902. The van der Waals surface area contributed by atoms with E-state index in [0.29, 0.717) is 38.0 Å². The first-order valence-electron chi connectivity index (χ1n) is 11.8. The number of rotatable bonds is 5. The van der Waals surface area contributed by atoms with Gasteiger partial charge in [-0.15, -0.1) is 0 Å². The highest BCUT2D eigenvalue weighted by Crippen LogP contribution is 2.36. The Morgan fingerprint density at radius 1 is 1.16 bits per heavy atom. The summed E-state index contributed by atoms with van der Waals surface area (Å²) in [5.41, 5.74) is 0.370.